The highest BCUT2D eigenvalue weighted by Crippen LogP contribution is 2.35. The van der Waals surface area contributed by atoms with Crippen LogP contribution in [-0.4, -0.2) is 28.6 Å². The van der Waals surface area contributed by atoms with Gasteiger partial charge in [-0.15, -0.1) is 0 Å². The van der Waals surface area contributed by atoms with Crippen molar-refractivity contribution < 1.29 is 9.68 Å². The van der Waals surface area contributed by atoms with Gasteiger partial charge in [0.1, 0.15) is 5.69 Å². The van der Waals surface area contributed by atoms with Crippen molar-refractivity contribution in [3.63, 3.8) is 0 Å². The first-order chi connectivity index (χ1) is 10.8. The summed E-state index contributed by atoms with van der Waals surface area (Å²) in [6, 6.07) is 20.5. The van der Waals surface area contributed by atoms with Gasteiger partial charge in [0.05, 0.1) is 6.54 Å². The fraction of sp³-hybridized carbons (Fsp3) is 0.316. The lowest BCUT2D eigenvalue weighted by Gasteiger charge is -2.24. The number of β-amino-alcohol motifs (C(OH)–C–C–N with tert-alkyl or cyclic N) is 1. The Morgan fingerprint density at radius 3 is 2.32 bits per heavy atom. The van der Waals surface area contributed by atoms with Gasteiger partial charge in [0.25, 0.3) is 11.6 Å². The maximum atomic E-state index is 11.5. The lowest BCUT2D eigenvalue weighted by Crippen LogP contribution is -2.41. The van der Waals surface area contributed by atoms with Crippen LogP contribution in [0, 0.1) is 0 Å². The molecule has 112 valence electrons. The van der Waals surface area contributed by atoms with E-state index in [0.29, 0.717) is 6.54 Å². The molecule has 0 aromatic heterocycles. The number of amidine groups is 1. The second-order valence-corrected chi connectivity index (χ2v) is 6.13. The fourth-order valence-corrected chi connectivity index (χ4v) is 3.69. The van der Waals surface area contributed by atoms with Crippen LogP contribution in [0.15, 0.2) is 60.7 Å². The largest absolute Gasteiger partial charge is 0.346 e. The molecule has 4 rings (SSSR count). The summed E-state index contributed by atoms with van der Waals surface area (Å²) < 4.78 is 2.21. The minimum Gasteiger partial charge on any atom is -0.346 e. The summed E-state index contributed by atoms with van der Waals surface area (Å²) in [6.45, 7) is 1.51. The van der Waals surface area contributed by atoms with Gasteiger partial charge >= 0.3 is 0 Å². The van der Waals surface area contributed by atoms with E-state index in [2.05, 4.69) is 33.7 Å². The average molecular weight is 293 g/mol. The zero-order valence-corrected chi connectivity index (χ0v) is 12.7. The number of aliphatic hydroxyl groups is 1. The van der Waals surface area contributed by atoms with E-state index in [-0.39, 0.29) is 0 Å². The van der Waals surface area contributed by atoms with Crippen molar-refractivity contribution in [1.82, 2.24) is 0 Å². The molecule has 22 heavy (non-hydrogen) atoms. The van der Waals surface area contributed by atoms with Crippen molar-refractivity contribution in [3.05, 3.63) is 66.2 Å². The van der Waals surface area contributed by atoms with E-state index in [9.17, 15) is 5.11 Å². The number of anilines is 1. The number of hydrogen-bond acceptors (Lipinski definition) is 2. The average Bonchev–Trinajstić information content (AvgIpc) is 2.91. The highest BCUT2D eigenvalue weighted by Gasteiger charge is 2.52. The molecule has 0 radical (unpaired) electrons. The van der Waals surface area contributed by atoms with E-state index >= 15 is 0 Å². The molecule has 1 N–H and O–H groups in total. The van der Waals surface area contributed by atoms with E-state index in [4.69, 9.17) is 0 Å². The molecular formula is C19H21N2O+. The third-order valence-corrected chi connectivity index (χ3v) is 4.78. The van der Waals surface area contributed by atoms with Crippen LogP contribution in [0.1, 0.15) is 24.8 Å². The zero-order valence-electron chi connectivity index (χ0n) is 12.7. The molecule has 0 saturated heterocycles. The summed E-state index contributed by atoms with van der Waals surface area (Å²) in [5.41, 5.74) is 1.22. The van der Waals surface area contributed by atoms with Gasteiger partial charge in [-0.05, 0) is 25.0 Å². The number of nitrogens with zero attached hydrogens (tertiary/aromatic N) is 2. The van der Waals surface area contributed by atoms with Crippen LogP contribution >= 0.6 is 0 Å². The van der Waals surface area contributed by atoms with Crippen LogP contribution in [-0.2, 0) is 5.72 Å². The first-order valence-electron chi connectivity index (χ1n) is 8.03. The third-order valence-electron chi connectivity index (χ3n) is 4.78. The van der Waals surface area contributed by atoms with Gasteiger partial charge in [-0.2, -0.15) is 0 Å². The Morgan fingerprint density at radius 2 is 1.59 bits per heavy atom. The zero-order chi connectivity index (χ0) is 15.0. The fourth-order valence-electron chi connectivity index (χ4n) is 3.69. The van der Waals surface area contributed by atoms with Crippen LogP contribution < -0.4 is 4.90 Å². The Morgan fingerprint density at radius 1 is 0.909 bits per heavy atom. The molecule has 0 aliphatic carbocycles. The summed E-state index contributed by atoms with van der Waals surface area (Å²) in [5, 5.41) is 11.5. The van der Waals surface area contributed by atoms with Crippen LogP contribution in [0.3, 0.4) is 0 Å². The number of hydrogen-bond donors (Lipinski definition) is 1. The minimum absolute atomic E-state index is 0.594. The smallest absolute Gasteiger partial charge is 0.271 e. The molecule has 2 aromatic rings. The van der Waals surface area contributed by atoms with Crippen LogP contribution in [0.5, 0.6) is 0 Å². The van der Waals surface area contributed by atoms with Crippen LogP contribution in [0.25, 0.3) is 0 Å². The molecule has 0 saturated carbocycles. The molecule has 0 bridgehead atoms. The molecule has 3 heteroatoms. The predicted molar refractivity (Wildman–Crippen MR) is 88.1 cm³/mol. The Hall–Kier alpha value is -2.13. The summed E-state index contributed by atoms with van der Waals surface area (Å²) >= 11 is 0. The molecular weight excluding hydrogens is 272 g/mol. The van der Waals surface area contributed by atoms with Gasteiger partial charge in [0.2, 0.25) is 0 Å². The summed E-state index contributed by atoms with van der Waals surface area (Å²) in [4.78, 5) is 2.28. The molecule has 1 atom stereocenters. The Bertz CT molecular complexity index is 696. The van der Waals surface area contributed by atoms with Crippen molar-refractivity contribution in [1.29, 1.82) is 0 Å². The van der Waals surface area contributed by atoms with Crippen molar-refractivity contribution in [3.8, 4) is 0 Å². The van der Waals surface area contributed by atoms with E-state index in [0.717, 1.165) is 30.6 Å². The van der Waals surface area contributed by atoms with Crippen LogP contribution in [0.4, 0.5) is 5.69 Å². The van der Waals surface area contributed by atoms with Gasteiger partial charge in [-0.3, -0.25) is 0 Å². The number of benzene rings is 2. The third kappa shape index (κ3) is 2.04. The predicted octanol–water partition coefficient (Wildman–Crippen LogP) is 2.95. The molecule has 0 unspecified atom stereocenters. The quantitative estimate of drug-likeness (QED) is 0.862. The Labute approximate surface area is 131 Å². The topological polar surface area (TPSA) is 26.5 Å². The lowest BCUT2D eigenvalue weighted by molar-refractivity contribution is -0.661. The van der Waals surface area contributed by atoms with Crippen LogP contribution in [0.2, 0.25) is 0 Å². The van der Waals surface area contributed by atoms with E-state index in [1.165, 1.54) is 12.3 Å². The molecule has 2 aliphatic rings. The van der Waals surface area contributed by atoms with Gasteiger partial charge in [-0.1, -0.05) is 48.5 Å². The highest BCUT2D eigenvalue weighted by atomic mass is 16.3. The molecule has 2 aromatic carbocycles. The molecule has 2 aliphatic heterocycles. The number of rotatable bonds is 2. The molecule has 3 nitrogen and oxygen atoms in total. The van der Waals surface area contributed by atoms with Crippen molar-refractivity contribution in [2.75, 3.05) is 18.0 Å². The van der Waals surface area contributed by atoms with Crippen molar-refractivity contribution >= 4 is 11.5 Å². The van der Waals surface area contributed by atoms with Gasteiger partial charge in [0.15, 0.2) is 6.54 Å². The second kappa shape index (κ2) is 5.25. The summed E-state index contributed by atoms with van der Waals surface area (Å²) in [6.07, 6.45) is 3.37. The molecule has 2 heterocycles. The second-order valence-electron chi connectivity index (χ2n) is 6.13. The lowest BCUT2D eigenvalue weighted by atomic mass is 10.0. The first kappa shape index (κ1) is 13.5. The van der Waals surface area contributed by atoms with Crippen molar-refractivity contribution in [2.45, 2.75) is 25.0 Å². The van der Waals surface area contributed by atoms with Gasteiger partial charge in [-0.25, -0.2) is 9.48 Å². The van der Waals surface area contributed by atoms with Crippen molar-refractivity contribution in [2.24, 2.45) is 0 Å². The maximum Gasteiger partial charge on any atom is 0.271 e. The standard InChI is InChI=1S/C19H21N2O/c22-19(16-9-3-1-4-10-16)15-20(17-11-5-2-6-12-17)18-13-7-8-14-21(18)19/h1-6,9-12,22H,7-8,13-15H2/q+1/t19-/m1/s1. The summed E-state index contributed by atoms with van der Waals surface area (Å²) in [5.74, 6) is 1.25. The maximum absolute atomic E-state index is 11.5. The molecule has 0 fully saturated rings. The first-order valence-corrected chi connectivity index (χ1v) is 8.03. The minimum atomic E-state index is -0.924. The van der Waals surface area contributed by atoms with Gasteiger partial charge in [0, 0.05) is 12.0 Å². The summed E-state index contributed by atoms with van der Waals surface area (Å²) in [7, 11) is 0. The van der Waals surface area contributed by atoms with E-state index in [1.807, 2.05) is 36.4 Å². The van der Waals surface area contributed by atoms with E-state index in [1.54, 1.807) is 0 Å². The Kier molecular flexibility index (Phi) is 3.23. The van der Waals surface area contributed by atoms with E-state index < -0.39 is 5.72 Å². The SMILES string of the molecule is O[C@@]1(c2ccccc2)CN(c2ccccc2)C2=[N+]1CCCC2. The normalized spacial score (nSPS) is 24.5. The highest BCUT2D eigenvalue weighted by molar-refractivity contribution is 5.96. The molecule has 0 spiro atoms. The van der Waals surface area contributed by atoms with Gasteiger partial charge < -0.3 is 5.11 Å². The monoisotopic (exact) mass is 293 g/mol. The Balaban J connectivity index is 1.81. The number of para-hydroxylation sites is 1. The molecule has 0 amide bonds.